The van der Waals surface area contributed by atoms with E-state index in [0.717, 1.165) is 12.8 Å². The van der Waals surface area contributed by atoms with Gasteiger partial charge < -0.3 is 20.1 Å². The maximum atomic E-state index is 13.5. The predicted octanol–water partition coefficient (Wildman–Crippen LogP) is 3.16. The van der Waals surface area contributed by atoms with Gasteiger partial charge in [0.1, 0.15) is 5.82 Å². The van der Waals surface area contributed by atoms with Gasteiger partial charge in [0.25, 0.3) is 11.8 Å². The molecule has 2 amide bonds. The summed E-state index contributed by atoms with van der Waals surface area (Å²) in [5.74, 6) is -0.885. The molecule has 0 bridgehead atoms. The first-order valence-corrected chi connectivity index (χ1v) is 9.11. The summed E-state index contributed by atoms with van der Waals surface area (Å²) in [6.45, 7) is -0.0712. The molecule has 1 aliphatic carbocycles. The molecule has 0 aliphatic heterocycles. The van der Waals surface area contributed by atoms with Crippen LogP contribution in [-0.2, 0) is 11.3 Å². The molecule has 2 aromatic carbocycles. The van der Waals surface area contributed by atoms with Crippen molar-refractivity contribution >= 4 is 23.4 Å². The summed E-state index contributed by atoms with van der Waals surface area (Å²) in [6.07, 6.45) is 1.79. The standard InChI is InChI=1S/C20H20ClFN2O4/c1-27-17-9-13(8-16(21)19(17)28-11-18(23)25)20(26)24(15-5-6-15)10-12-3-2-4-14(22)7-12/h2-4,7-9,15H,5-6,10-11H2,1H3,(H2,23,25). The van der Waals surface area contributed by atoms with Crippen LogP contribution < -0.4 is 15.2 Å². The molecule has 6 nitrogen and oxygen atoms in total. The minimum atomic E-state index is -0.659. The molecular formula is C20H20ClFN2O4. The smallest absolute Gasteiger partial charge is 0.255 e. The number of halogens is 2. The highest BCUT2D eigenvalue weighted by atomic mass is 35.5. The number of carbonyl (C=O) groups is 2. The Kier molecular flexibility index (Phi) is 6.04. The molecule has 148 valence electrons. The Hall–Kier alpha value is -2.80. The van der Waals surface area contributed by atoms with Crippen LogP contribution in [-0.4, -0.2) is 36.5 Å². The zero-order chi connectivity index (χ0) is 20.3. The second-order valence-corrected chi connectivity index (χ2v) is 6.95. The molecule has 8 heteroatoms. The third-order valence-electron chi connectivity index (χ3n) is 4.33. The van der Waals surface area contributed by atoms with Crippen LogP contribution in [0.15, 0.2) is 36.4 Å². The van der Waals surface area contributed by atoms with Gasteiger partial charge in [-0.3, -0.25) is 9.59 Å². The van der Waals surface area contributed by atoms with E-state index in [9.17, 15) is 14.0 Å². The van der Waals surface area contributed by atoms with Crippen molar-refractivity contribution in [3.05, 3.63) is 58.4 Å². The third kappa shape index (κ3) is 4.72. The van der Waals surface area contributed by atoms with E-state index in [1.807, 2.05) is 0 Å². The number of nitrogens with zero attached hydrogens (tertiary/aromatic N) is 1. The van der Waals surface area contributed by atoms with Gasteiger partial charge in [-0.1, -0.05) is 23.7 Å². The summed E-state index contributed by atoms with van der Waals surface area (Å²) < 4.78 is 24.0. The van der Waals surface area contributed by atoms with Crippen LogP contribution in [0.4, 0.5) is 4.39 Å². The van der Waals surface area contributed by atoms with Gasteiger partial charge in [0, 0.05) is 18.2 Å². The van der Waals surface area contributed by atoms with Gasteiger partial charge in [-0.2, -0.15) is 0 Å². The summed E-state index contributed by atoms with van der Waals surface area (Å²) in [7, 11) is 1.41. The number of carbonyl (C=O) groups excluding carboxylic acids is 2. The van der Waals surface area contributed by atoms with Gasteiger partial charge in [0.05, 0.1) is 12.1 Å². The van der Waals surface area contributed by atoms with Crippen LogP contribution in [0.1, 0.15) is 28.8 Å². The lowest BCUT2D eigenvalue weighted by atomic mass is 10.1. The molecule has 3 rings (SSSR count). The molecule has 28 heavy (non-hydrogen) atoms. The maximum Gasteiger partial charge on any atom is 0.255 e. The van der Waals surface area contributed by atoms with E-state index in [1.165, 1.54) is 31.4 Å². The van der Waals surface area contributed by atoms with Crippen molar-refractivity contribution in [1.29, 1.82) is 0 Å². The van der Waals surface area contributed by atoms with Crippen molar-refractivity contribution in [1.82, 2.24) is 4.90 Å². The zero-order valence-corrected chi connectivity index (χ0v) is 16.0. The van der Waals surface area contributed by atoms with E-state index in [0.29, 0.717) is 17.7 Å². The monoisotopic (exact) mass is 406 g/mol. The Labute approximate surface area is 167 Å². The van der Waals surface area contributed by atoms with Crippen molar-refractivity contribution < 1.29 is 23.5 Å². The Bertz CT molecular complexity index is 902. The molecule has 0 spiro atoms. The molecule has 0 saturated heterocycles. The van der Waals surface area contributed by atoms with E-state index in [-0.39, 0.29) is 40.9 Å². The first-order chi connectivity index (χ1) is 13.4. The summed E-state index contributed by atoms with van der Waals surface area (Å²) in [6, 6.07) is 9.24. The average Bonchev–Trinajstić information content (AvgIpc) is 3.49. The summed E-state index contributed by atoms with van der Waals surface area (Å²) in [5.41, 5.74) is 6.11. The SMILES string of the molecule is COc1cc(C(=O)N(Cc2cccc(F)c2)C2CC2)cc(Cl)c1OCC(N)=O. The molecule has 0 aromatic heterocycles. The normalized spacial score (nSPS) is 13.1. The van der Waals surface area contributed by atoms with Crippen LogP contribution in [0.5, 0.6) is 11.5 Å². The molecular weight excluding hydrogens is 387 g/mol. The van der Waals surface area contributed by atoms with Crippen molar-refractivity contribution in [2.24, 2.45) is 5.73 Å². The first-order valence-electron chi connectivity index (χ1n) is 8.73. The quantitative estimate of drug-likeness (QED) is 0.730. The number of benzene rings is 2. The number of nitrogens with two attached hydrogens (primary N) is 1. The molecule has 2 N–H and O–H groups in total. The topological polar surface area (TPSA) is 81.9 Å². The van der Waals surface area contributed by atoms with Gasteiger partial charge in [-0.25, -0.2) is 4.39 Å². The summed E-state index contributed by atoms with van der Waals surface area (Å²) in [5, 5.41) is 0.130. The highest BCUT2D eigenvalue weighted by molar-refractivity contribution is 6.32. The fraction of sp³-hybridized carbons (Fsp3) is 0.300. The van der Waals surface area contributed by atoms with E-state index < -0.39 is 5.91 Å². The molecule has 1 fully saturated rings. The van der Waals surface area contributed by atoms with Crippen LogP contribution in [0.2, 0.25) is 5.02 Å². The van der Waals surface area contributed by atoms with E-state index >= 15 is 0 Å². The van der Waals surface area contributed by atoms with Gasteiger partial charge >= 0.3 is 0 Å². The lowest BCUT2D eigenvalue weighted by Gasteiger charge is -2.23. The Balaban J connectivity index is 1.86. The summed E-state index contributed by atoms with van der Waals surface area (Å²) >= 11 is 6.24. The Morgan fingerprint density at radius 1 is 1.29 bits per heavy atom. The first kappa shape index (κ1) is 19.9. The number of amides is 2. The van der Waals surface area contributed by atoms with Crippen LogP contribution >= 0.6 is 11.6 Å². The predicted molar refractivity (Wildman–Crippen MR) is 102 cm³/mol. The van der Waals surface area contributed by atoms with Crippen LogP contribution in [0.3, 0.4) is 0 Å². The number of methoxy groups -OCH3 is 1. The fourth-order valence-corrected chi connectivity index (χ4v) is 3.14. The maximum absolute atomic E-state index is 13.5. The van der Waals surface area contributed by atoms with E-state index in [1.54, 1.807) is 17.0 Å². The minimum absolute atomic E-state index is 0.103. The molecule has 0 heterocycles. The fourth-order valence-electron chi connectivity index (χ4n) is 2.88. The largest absolute Gasteiger partial charge is 0.493 e. The third-order valence-corrected chi connectivity index (χ3v) is 4.61. The molecule has 2 aromatic rings. The lowest BCUT2D eigenvalue weighted by Crippen LogP contribution is -2.32. The van der Waals surface area contributed by atoms with Crippen molar-refractivity contribution in [3.8, 4) is 11.5 Å². The zero-order valence-electron chi connectivity index (χ0n) is 15.3. The average molecular weight is 407 g/mol. The number of rotatable bonds is 8. The van der Waals surface area contributed by atoms with Crippen molar-refractivity contribution in [3.63, 3.8) is 0 Å². The van der Waals surface area contributed by atoms with Crippen LogP contribution in [0, 0.1) is 5.82 Å². The highest BCUT2D eigenvalue weighted by Gasteiger charge is 2.33. The highest BCUT2D eigenvalue weighted by Crippen LogP contribution is 2.38. The number of hydrogen-bond donors (Lipinski definition) is 1. The van der Waals surface area contributed by atoms with Crippen molar-refractivity contribution in [2.45, 2.75) is 25.4 Å². The number of primary amides is 1. The summed E-state index contributed by atoms with van der Waals surface area (Å²) in [4.78, 5) is 25.8. The van der Waals surface area contributed by atoms with Gasteiger partial charge in [0.15, 0.2) is 18.1 Å². The number of hydrogen-bond acceptors (Lipinski definition) is 4. The molecule has 0 atom stereocenters. The second kappa shape index (κ2) is 8.48. The van der Waals surface area contributed by atoms with Crippen molar-refractivity contribution in [2.75, 3.05) is 13.7 Å². The molecule has 1 saturated carbocycles. The van der Waals surface area contributed by atoms with E-state index in [4.69, 9.17) is 26.8 Å². The van der Waals surface area contributed by atoms with Crippen LogP contribution in [0.25, 0.3) is 0 Å². The van der Waals surface area contributed by atoms with E-state index in [2.05, 4.69) is 0 Å². The minimum Gasteiger partial charge on any atom is -0.493 e. The second-order valence-electron chi connectivity index (χ2n) is 6.54. The van der Waals surface area contributed by atoms with Gasteiger partial charge in [-0.15, -0.1) is 0 Å². The molecule has 1 aliphatic rings. The lowest BCUT2D eigenvalue weighted by molar-refractivity contribution is -0.119. The number of ether oxygens (including phenoxy) is 2. The van der Waals surface area contributed by atoms with Gasteiger partial charge in [0.2, 0.25) is 0 Å². The van der Waals surface area contributed by atoms with Gasteiger partial charge in [-0.05, 0) is 42.7 Å². The Morgan fingerprint density at radius 3 is 2.64 bits per heavy atom. The molecule has 0 radical (unpaired) electrons. The molecule has 0 unspecified atom stereocenters. The Morgan fingerprint density at radius 2 is 2.04 bits per heavy atom.